The van der Waals surface area contributed by atoms with E-state index in [0.717, 1.165) is 22.9 Å². The number of aryl methyl sites for hydroxylation is 1. The number of carbonyl (C=O) groups excluding carboxylic acids is 2. The number of hydrogen-bond donors (Lipinski definition) is 0. The van der Waals surface area contributed by atoms with E-state index < -0.39 is 4.92 Å². The average molecular weight is 491 g/mol. The maximum Gasteiger partial charge on any atom is 0.293 e. The van der Waals surface area contributed by atoms with E-state index >= 15 is 0 Å². The zero-order chi connectivity index (χ0) is 24.8. The predicted octanol–water partition coefficient (Wildman–Crippen LogP) is 5.60. The molecule has 2 amide bonds. The number of nitro benzene ring substituents is 1. The van der Waals surface area contributed by atoms with Gasteiger partial charge in [-0.15, -0.1) is 0 Å². The van der Waals surface area contributed by atoms with E-state index in [4.69, 9.17) is 9.47 Å². The summed E-state index contributed by atoms with van der Waals surface area (Å²) >= 11 is 0.892. The second kappa shape index (κ2) is 10.9. The van der Waals surface area contributed by atoms with Crippen molar-refractivity contribution in [3.8, 4) is 11.5 Å². The number of rotatable bonds is 9. The molecule has 1 saturated heterocycles. The molecule has 1 heterocycles. The van der Waals surface area contributed by atoms with E-state index in [2.05, 4.69) is 0 Å². The maximum absolute atomic E-state index is 12.8. The molecular formula is C26H22N2O6S. The van der Waals surface area contributed by atoms with Crippen LogP contribution in [0.3, 0.4) is 0 Å². The molecule has 1 aliphatic rings. The van der Waals surface area contributed by atoms with E-state index in [-0.39, 0.29) is 36.6 Å². The van der Waals surface area contributed by atoms with Crippen LogP contribution in [0.4, 0.5) is 10.5 Å². The van der Waals surface area contributed by atoms with Crippen molar-refractivity contribution < 1.29 is 24.0 Å². The Morgan fingerprint density at radius 3 is 2.43 bits per heavy atom. The molecule has 0 atom stereocenters. The van der Waals surface area contributed by atoms with E-state index in [0.29, 0.717) is 22.0 Å². The van der Waals surface area contributed by atoms with Gasteiger partial charge in [-0.2, -0.15) is 0 Å². The number of amides is 2. The lowest BCUT2D eigenvalue weighted by Crippen LogP contribution is -2.32. The van der Waals surface area contributed by atoms with E-state index in [9.17, 15) is 19.7 Å². The second-order valence-electron chi connectivity index (χ2n) is 7.78. The van der Waals surface area contributed by atoms with Crippen LogP contribution in [0.25, 0.3) is 6.08 Å². The molecule has 3 aromatic carbocycles. The first-order valence-corrected chi connectivity index (χ1v) is 11.6. The SMILES string of the molecule is Cc1ccc(OCCN2C(=O)S/C(=C\c3cccc(OCc4ccc([N+](=O)[O-])cc4)c3)C2=O)cc1. The molecule has 4 rings (SSSR count). The van der Waals surface area contributed by atoms with Crippen molar-refractivity contribution in [1.29, 1.82) is 0 Å². The van der Waals surface area contributed by atoms with E-state index in [1.807, 2.05) is 37.3 Å². The van der Waals surface area contributed by atoms with Gasteiger partial charge in [-0.3, -0.25) is 24.6 Å². The standard InChI is InChI=1S/C26H22N2O6S/c1-18-5-11-22(12-6-18)33-14-13-27-25(29)24(35-26(27)30)16-20-3-2-4-23(15-20)34-17-19-7-9-21(10-8-19)28(31)32/h2-12,15-16H,13-14,17H2,1H3/b24-16-. The summed E-state index contributed by atoms with van der Waals surface area (Å²) in [5, 5.41) is 10.4. The van der Waals surface area contributed by atoms with E-state index in [1.165, 1.54) is 17.0 Å². The van der Waals surface area contributed by atoms with Crippen molar-refractivity contribution in [2.75, 3.05) is 13.2 Å². The van der Waals surface area contributed by atoms with Gasteiger partial charge in [0.25, 0.3) is 16.8 Å². The van der Waals surface area contributed by atoms with Crippen molar-refractivity contribution in [2.24, 2.45) is 0 Å². The molecule has 0 bridgehead atoms. The Kier molecular flexibility index (Phi) is 7.47. The van der Waals surface area contributed by atoms with Gasteiger partial charge < -0.3 is 9.47 Å². The van der Waals surface area contributed by atoms with Crippen molar-refractivity contribution >= 4 is 34.7 Å². The molecule has 0 N–H and O–H groups in total. The average Bonchev–Trinajstić information content (AvgIpc) is 3.11. The molecule has 0 aromatic heterocycles. The van der Waals surface area contributed by atoms with Crippen molar-refractivity contribution in [1.82, 2.24) is 4.90 Å². The van der Waals surface area contributed by atoms with Crippen molar-refractivity contribution in [3.05, 3.63) is 105 Å². The lowest BCUT2D eigenvalue weighted by atomic mass is 10.2. The molecule has 3 aromatic rings. The van der Waals surface area contributed by atoms with Crippen LogP contribution in [-0.4, -0.2) is 34.1 Å². The third kappa shape index (κ3) is 6.27. The molecule has 0 radical (unpaired) electrons. The highest BCUT2D eigenvalue weighted by atomic mass is 32.2. The Labute approximate surface area is 206 Å². The predicted molar refractivity (Wildman–Crippen MR) is 133 cm³/mol. The Balaban J connectivity index is 1.35. The Bertz CT molecular complexity index is 1270. The van der Waals surface area contributed by atoms with Crippen LogP contribution in [0.15, 0.2) is 77.7 Å². The van der Waals surface area contributed by atoms with Crippen molar-refractivity contribution in [2.45, 2.75) is 13.5 Å². The quantitative estimate of drug-likeness (QED) is 0.219. The molecule has 35 heavy (non-hydrogen) atoms. The Morgan fingerprint density at radius 1 is 0.971 bits per heavy atom. The fourth-order valence-electron chi connectivity index (χ4n) is 3.31. The van der Waals surface area contributed by atoms with Gasteiger partial charge in [0.05, 0.1) is 16.4 Å². The monoisotopic (exact) mass is 490 g/mol. The summed E-state index contributed by atoms with van der Waals surface area (Å²) in [6.07, 6.45) is 1.66. The fourth-order valence-corrected chi connectivity index (χ4v) is 4.17. The number of ether oxygens (including phenoxy) is 2. The van der Waals surface area contributed by atoms with Gasteiger partial charge in [-0.1, -0.05) is 29.8 Å². The lowest BCUT2D eigenvalue weighted by molar-refractivity contribution is -0.384. The van der Waals surface area contributed by atoms with Crippen LogP contribution >= 0.6 is 11.8 Å². The Morgan fingerprint density at radius 2 is 1.71 bits per heavy atom. The summed E-state index contributed by atoms with van der Waals surface area (Å²) in [5.74, 6) is 0.899. The molecule has 1 fully saturated rings. The zero-order valence-electron chi connectivity index (χ0n) is 18.9. The van der Waals surface area contributed by atoms with E-state index in [1.54, 1.807) is 36.4 Å². The summed E-state index contributed by atoms with van der Waals surface area (Å²) in [6, 6.07) is 20.8. The summed E-state index contributed by atoms with van der Waals surface area (Å²) in [5.41, 5.74) is 2.64. The number of imide groups is 1. The topological polar surface area (TPSA) is 99.0 Å². The molecule has 1 aliphatic heterocycles. The van der Waals surface area contributed by atoms with Crippen molar-refractivity contribution in [3.63, 3.8) is 0 Å². The molecule has 8 nitrogen and oxygen atoms in total. The smallest absolute Gasteiger partial charge is 0.293 e. The van der Waals surface area contributed by atoms with Gasteiger partial charge >= 0.3 is 0 Å². The minimum Gasteiger partial charge on any atom is -0.492 e. The van der Waals surface area contributed by atoms with Gasteiger partial charge in [-0.05, 0) is 72.3 Å². The van der Waals surface area contributed by atoms with Crippen LogP contribution in [0, 0.1) is 17.0 Å². The first kappa shape index (κ1) is 24.0. The number of thioether (sulfide) groups is 1. The van der Waals surface area contributed by atoms with Gasteiger partial charge in [0.2, 0.25) is 0 Å². The minimum absolute atomic E-state index is 0.0198. The molecule has 0 aliphatic carbocycles. The number of nitro groups is 1. The number of hydrogen-bond acceptors (Lipinski definition) is 7. The minimum atomic E-state index is -0.452. The number of benzene rings is 3. The molecule has 9 heteroatoms. The van der Waals surface area contributed by atoms with Crippen LogP contribution in [0.1, 0.15) is 16.7 Å². The van der Waals surface area contributed by atoms with Crippen LogP contribution < -0.4 is 9.47 Å². The van der Waals surface area contributed by atoms with Crippen LogP contribution in [0.2, 0.25) is 0 Å². The number of non-ortho nitro benzene ring substituents is 1. The molecule has 178 valence electrons. The highest BCUT2D eigenvalue weighted by Crippen LogP contribution is 2.32. The molecule has 0 unspecified atom stereocenters. The number of carbonyl (C=O) groups is 2. The largest absolute Gasteiger partial charge is 0.492 e. The van der Waals surface area contributed by atoms with Gasteiger partial charge in [0, 0.05) is 12.1 Å². The zero-order valence-corrected chi connectivity index (χ0v) is 19.7. The first-order chi connectivity index (χ1) is 16.9. The van der Waals surface area contributed by atoms with Crippen LogP contribution in [0.5, 0.6) is 11.5 Å². The van der Waals surface area contributed by atoms with Gasteiger partial charge in [0.1, 0.15) is 24.7 Å². The third-order valence-corrected chi connectivity index (χ3v) is 6.09. The normalized spacial score (nSPS) is 14.4. The number of nitrogens with zero attached hydrogens (tertiary/aromatic N) is 2. The Hall–Kier alpha value is -4.11. The highest BCUT2D eigenvalue weighted by molar-refractivity contribution is 8.18. The summed E-state index contributed by atoms with van der Waals surface area (Å²) < 4.78 is 11.4. The lowest BCUT2D eigenvalue weighted by Gasteiger charge is -2.13. The highest BCUT2D eigenvalue weighted by Gasteiger charge is 2.34. The van der Waals surface area contributed by atoms with Gasteiger partial charge in [-0.25, -0.2) is 0 Å². The summed E-state index contributed by atoms with van der Waals surface area (Å²) in [6.45, 7) is 2.59. The molecular weight excluding hydrogens is 468 g/mol. The molecule has 0 saturated carbocycles. The second-order valence-corrected chi connectivity index (χ2v) is 8.77. The summed E-state index contributed by atoms with van der Waals surface area (Å²) in [4.78, 5) is 37.0. The maximum atomic E-state index is 12.8. The van der Waals surface area contributed by atoms with Gasteiger partial charge in [0.15, 0.2) is 0 Å². The molecule has 0 spiro atoms. The first-order valence-electron chi connectivity index (χ1n) is 10.8. The van der Waals surface area contributed by atoms with Crippen LogP contribution in [-0.2, 0) is 11.4 Å². The third-order valence-electron chi connectivity index (χ3n) is 5.19. The fraction of sp³-hybridized carbons (Fsp3) is 0.154. The summed E-state index contributed by atoms with van der Waals surface area (Å²) in [7, 11) is 0.